The van der Waals surface area contributed by atoms with Crippen molar-refractivity contribution in [3.63, 3.8) is 0 Å². The number of hydrogen-bond donors (Lipinski definition) is 1. The Labute approximate surface area is 163 Å². The van der Waals surface area contributed by atoms with Crippen LogP contribution in [0.15, 0.2) is 28.8 Å². The average molecular weight is 397 g/mol. The van der Waals surface area contributed by atoms with Crippen molar-refractivity contribution in [3.05, 3.63) is 35.2 Å². The van der Waals surface area contributed by atoms with E-state index in [-0.39, 0.29) is 18.3 Å². The van der Waals surface area contributed by atoms with E-state index in [0.717, 1.165) is 38.2 Å². The van der Waals surface area contributed by atoms with Gasteiger partial charge in [-0.25, -0.2) is 0 Å². The van der Waals surface area contributed by atoms with Crippen LogP contribution >= 0.6 is 24.0 Å². The smallest absolute Gasteiger partial charge is 0.226 e. The van der Waals surface area contributed by atoms with Crippen LogP contribution in [-0.2, 0) is 11.2 Å². The second-order valence-electron chi connectivity index (χ2n) is 6.85. The molecule has 2 atom stereocenters. The fraction of sp³-hybridized carbons (Fsp3) is 0.500. The van der Waals surface area contributed by atoms with E-state index in [1.165, 1.54) is 0 Å². The van der Waals surface area contributed by atoms with Gasteiger partial charge in [0, 0.05) is 49.6 Å². The molecule has 1 aromatic carbocycles. The predicted octanol–water partition coefficient (Wildman–Crippen LogP) is 2.81. The predicted molar refractivity (Wildman–Crippen MR) is 101 cm³/mol. The first-order valence-corrected chi connectivity index (χ1v) is 9.14. The Balaban J connectivity index is 0.00000196. The quantitative estimate of drug-likeness (QED) is 0.840. The van der Waals surface area contributed by atoms with Crippen LogP contribution in [0.5, 0.6) is 0 Å². The van der Waals surface area contributed by atoms with Gasteiger partial charge < -0.3 is 14.7 Å². The van der Waals surface area contributed by atoms with Gasteiger partial charge in [-0.2, -0.15) is 4.98 Å². The fourth-order valence-electron chi connectivity index (χ4n) is 3.68. The summed E-state index contributed by atoms with van der Waals surface area (Å²) in [7, 11) is 0. The van der Waals surface area contributed by atoms with Crippen LogP contribution in [0, 0.1) is 11.8 Å². The van der Waals surface area contributed by atoms with Gasteiger partial charge in [-0.15, -0.1) is 12.4 Å². The van der Waals surface area contributed by atoms with Crippen LogP contribution in [0.1, 0.15) is 18.7 Å². The molecule has 2 saturated heterocycles. The number of likely N-dealkylation sites (tertiary alicyclic amines) is 1. The van der Waals surface area contributed by atoms with E-state index in [0.29, 0.717) is 41.4 Å². The van der Waals surface area contributed by atoms with E-state index in [9.17, 15) is 4.79 Å². The van der Waals surface area contributed by atoms with E-state index < -0.39 is 0 Å². The molecule has 2 aromatic rings. The number of nitrogens with zero attached hydrogens (tertiary/aromatic N) is 3. The molecule has 6 nitrogen and oxygen atoms in total. The van der Waals surface area contributed by atoms with Crippen molar-refractivity contribution >= 4 is 29.9 Å². The topological polar surface area (TPSA) is 71.3 Å². The highest BCUT2D eigenvalue weighted by atomic mass is 35.5. The Bertz CT molecular complexity index is 738. The first-order valence-electron chi connectivity index (χ1n) is 8.76. The summed E-state index contributed by atoms with van der Waals surface area (Å²) in [6.45, 7) is 3.89. The number of carbonyl (C=O) groups is 1. The lowest BCUT2D eigenvalue weighted by Crippen LogP contribution is -2.31. The number of nitrogens with one attached hydrogen (secondary N) is 1. The van der Waals surface area contributed by atoms with Gasteiger partial charge in [0.15, 0.2) is 0 Å². The molecular weight excluding hydrogens is 375 g/mol. The summed E-state index contributed by atoms with van der Waals surface area (Å²) in [6.07, 6.45) is 1.88. The number of halogens is 2. The number of hydrogen-bond acceptors (Lipinski definition) is 5. The van der Waals surface area contributed by atoms with Crippen molar-refractivity contribution in [1.29, 1.82) is 0 Å². The summed E-state index contributed by atoms with van der Waals surface area (Å²) in [6, 6.07) is 7.32. The minimum atomic E-state index is 0. The number of rotatable bonds is 5. The first kappa shape index (κ1) is 19.1. The summed E-state index contributed by atoms with van der Waals surface area (Å²) in [5.41, 5.74) is 0.868. The Morgan fingerprint density at radius 2 is 1.92 bits per heavy atom. The second kappa shape index (κ2) is 8.37. The average Bonchev–Trinajstić information content (AvgIpc) is 3.31. The highest BCUT2D eigenvalue weighted by molar-refractivity contribution is 6.30. The molecular formula is C18H22Cl2N4O2. The lowest BCUT2D eigenvalue weighted by molar-refractivity contribution is -0.130. The highest BCUT2D eigenvalue weighted by Gasteiger charge is 2.37. The largest absolute Gasteiger partial charge is 0.342 e. The molecule has 0 bridgehead atoms. The standard InChI is InChI=1S/C18H21ClN4O2.ClH/c19-15-6-4-12(5-7-15)18-21-16(25-22-18)2-1-3-17(24)23-10-13-8-20-9-14(13)11-23;/h4-7,13-14,20H,1-3,8-11H2;1H/t13-,14+;. The lowest BCUT2D eigenvalue weighted by atomic mass is 10.0. The fourth-order valence-corrected chi connectivity index (χ4v) is 3.81. The van der Waals surface area contributed by atoms with Crippen LogP contribution in [0.25, 0.3) is 11.4 Å². The molecule has 0 unspecified atom stereocenters. The Morgan fingerprint density at radius 1 is 1.23 bits per heavy atom. The van der Waals surface area contributed by atoms with Gasteiger partial charge in [0.2, 0.25) is 17.6 Å². The summed E-state index contributed by atoms with van der Waals surface area (Å²) >= 11 is 5.88. The third-order valence-corrected chi connectivity index (χ3v) is 5.35. The molecule has 2 fully saturated rings. The van der Waals surface area contributed by atoms with Crippen LogP contribution in [0.2, 0.25) is 5.02 Å². The molecule has 2 aliphatic heterocycles. The molecule has 1 aromatic heterocycles. The zero-order valence-electron chi connectivity index (χ0n) is 14.4. The molecule has 1 amide bonds. The molecule has 140 valence electrons. The molecule has 26 heavy (non-hydrogen) atoms. The molecule has 8 heteroatoms. The van der Waals surface area contributed by atoms with Crippen LogP contribution in [0.4, 0.5) is 0 Å². The van der Waals surface area contributed by atoms with Crippen molar-refractivity contribution in [3.8, 4) is 11.4 Å². The maximum atomic E-state index is 12.4. The lowest BCUT2D eigenvalue weighted by Gasteiger charge is -2.17. The van der Waals surface area contributed by atoms with E-state index >= 15 is 0 Å². The molecule has 1 N–H and O–H groups in total. The number of aryl methyl sites for hydroxylation is 1. The minimum Gasteiger partial charge on any atom is -0.342 e. The number of aromatic nitrogens is 2. The molecule has 2 aliphatic rings. The molecule has 3 heterocycles. The normalized spacial score (nSPS) is 21.5. The zero-order valence-corrected chi connectivity index (χ0v) is 15.9. The Hall–Kier alpha value is -1.63. The number of benzene rings is 1. The summed E-state index contributed by atoms with van der Waals surface area (Å²) in [5.74, 6) is 2.65. The number of carbonyl (C=O) groups excluding carboxylic acids is 1. The minimum absolute atomic E-state index is 0. The van der Waals surface area contributed by atoms with Crippen LogP contribution < -0.4 is 5.32 Å². The summed E-state index contributed by atoms with van der Waals surface area (Å²) in [4.78, 5) is 18.8. The molecule has 0 radical (unpaired) electrons. The van der Waals surface area contributed by atoms with Crippen molar-refractivity contribution in [1.82, 2.24) is 20.4 Å². The highest BCUT2D eigenvalue weighted by Crippen LogP contribution is 2.27. The Morgan fingerprint density at radius 3 is 2.62 bits per heavy atom. The van der Waals surface area contributed by atoms with Gasteiger partial charge in [-0.05, 0) is 42.5 Å². The van der Waals surface area contributed by atoms with Crippen LogP contribution in [0.3, 0.4) is 0 Å². The van der Waals surface area contributed by atoms with E-state index in [2.05, 4.69) is 15.5 Å². The first-order chi connectivity index (χ1) is 12.2. The maximum Gasteiger partial charge on any atom is 0.226 e. The molecule has 0 spiro atoms. The number of fused-ring (bicyclic) bond motifs is 1. The van der Waals surface area contributed by atoms with Crippen molar-refractivity contribution in [2.75, 3.05) is 26.2 Å². The van der Waals surface area contributed by atoms with Gasteiger partial charge in [-0.3, -0.25) is 4.79 Å². The summed E-state index contributed by atoms with van der Waals surface area (Å²) in [5, 5.41) is 8.07. The monoisotopic (exact) mass is 396 g/mol. The SMILES string of the molecule is Cl.O=C(CCCc1nc(-c2ccc(Cl)cc2)no1)N1C[C@H]2CNC[C@H]2C1. The van der Waals surface area contributed by atoms with E-state index in [1.807, 2.05) is 17.0 Å². The van der Waals surface area contributed by atoms with Gasteiger partial charge in [-0.1, -0.05) is 16.8 Å². The van der Waals surface area contributed by atoms with Crippen molar-refractivity contribution in [2.45, 2.75) is 19.3 Å². The van der Waals surface area contributed by atoms with Crippen molar-refractivity contribution < 1.29 is 9.32 Å². The number of amides is 1. The van der Waals surface area contributed by atoms with E-state index in [1.54, 1.807) is 12.1 Å². The molecule has 4 rings (SSSR count). The molecule has 0 aliphatic carbocycles. The zero-order chi connectivity index (χ0) is 17.2. The van der Waals surface area contributed by atoms with E-state index in [4.69, 9.17) is 16.1 Å². The third-order valence-electron chi connectivity index (χ3n) is 5.09. The van der Waals surface area contributed by atoms with Gasteiger partial charge in [0.1, 0.15) is 0 Å². The van der Waals surface area contributed by atoms with Gasteiger partial charge in [0.25, 0.3) is 0 Å². The van der Waals surface area contributed by atoms with Gasteiger partial charge >= 0.3 is 0 Å². The molecule has 0 saturated carbocycles. The third kappa shape index (κ3) is 4.19. The maximum absolute atomic E-state index is 12.4. The summed E-state index contributed by atoms with van der Waals surface area (Å²) < 4.78 is 5.29. The van der Waals surface area contributed by atoms with Gasteiger partial charge in [0.05, 0.1) is 0 Å². The van der Waals surface area contributed by atoms with Crippen LogP contribution in [-0.4, -0.2) is 47.1 Å². The Kier molecular flexibility index (Phi) is 6.16. The van der Waals surface area contributed by atoms with Crippen molar-refractivity contribution in [2.24, 2.45) is 11.8 Å². The second-order valence-corrected chi connectivity index (χ2v) is 7.29.